The summed E-state index contributed by atoms with van der Waals surface area (Å²) in [5.74, 6) is 0.926. The molecule has 0 radical (unpaired) electrons. The van der Waals surface area contributed by atoms with Gasteiger partial charge in [0.1, 0.15) is 0 Å². The van der Waals surface area contributed by atoms with E-state index in [0.29, 0.717) is 6.61 Å². The topological polar surface area (TPSA) is 29.5 Å². The number of carbonyl (C=O) groups excluding carboxylic acids is 1. The Hall–Kier alpha value is -1.78. The molecule has 0 fully saturated rings. The van der Waals surface area contributed by atoms with Gasteiger partial charge in [0.05, 0.1) is 12.2 Å². The van der Waals surface area contributed by atoms with Crippen LogP contribution in [-0.4, -0.2) is 31.4 Å². The Morgan fingerprint density at radius 1 is 1.22 bits per heavy atom. The predicted octanol–water partition coefficient (Wildman–Crippen LogP) is 4.02. The average Bonchev–Trinajstić information content (AvgIpc) is 2.90. The number of hydrogen-bond donors (Lipinski definition) is 0. The van der Waals surface area contributed by atoms with E-state index in [1.807, 2.05) is 47.4 Å². The molecule has 1 aliphatic heterocycles. The summed E-state index contributed by atoms with van der Waals surface area (Å²) in [7, 11) is 1.69. The van der Waals surface area contributed by atoms with Crippen LogP contribution in [-0.2, 0) is 11.2 Å². The highest BCUT2D eigenvalue weighted by Crippen LogP contribution is 2.34. The molecule has 120 valence electrons. The maximum absolute atomic E-state index is 13.2. The van der Waals surface area contributed by atoms with Crippen LogP contribution in [0.1, 0.15) is 22.8 Å². The standard InChI is InChI=1S/C19H21NO2S/c1-14-13-15-7-3-5-9-17(15)20(14)19(21)16-8-4-6-10-18(16)23-12-11-22-2/h3-10,14H,11-13H2,1-2H3. The number of carbonyl (C=O) groups is 1. The first-order chi connectivity index (χ1) is 11.2. The molecule has 0 N–H and O–H groups in total. The molecule has 0 saturated heterocycles. The fourth-order valence-corrected chi connectivity index (χ4v) is 3.96. The molecule has 2 aromatic carbocycles. The maximum Gasteiger partial charge on any atom is 0.259 e. The molecule has 0 saturated carbocycles. The van der Waals surface area contributed by atoms with Crippen molar-refractivity contribution < 1.29 is 9.53 Å². The quantitative estimate of drug-likeness (QED) is 0.614. The lowest BCUT2D eigenvalue weighted by Crippen LogP contribution is -2.36. The minimum Gasteiger partial charge on any atom is -0.384 e. The Morgan fingerprint density at radius 3 is 2.78 bits per heavy atom. The van der Waals surface area contributed by atoms with Crippen molar-refractivity contribution in [2.24, 2.45) is 0 Å². The number of thioether (sulfide) groups is 1. The van der Waals surface area contributed by atoms with E-state index in [1.54, 1.807) is 18.9 Å². The third-order valence-electron chi connectivity index (χ3n) is 4.09. The molecule has 1 aliphatic rings. The molecular weight excluding hydrogens is 306 g/mol. The summed E-state index contributed by atoms with van der Waals surface area (Å²) in [6.45, 7) is 2.79. The van der Waals surface area contributed by atoms with Gasteiger partial charge in [-0.25, -0.2) is 0 Å². The van der Waals surface area contributed by atoms with E-state index >= 15 is 0 Å². The number of benzene rings is 2. The number of anilines is 1. The molecule has 3 rings (SSSR count). The summed E-state index contributed by atoms with van der Waals surface area (Å²) in [4.78, 5) is 16.1. The van der Waals surface area contributed by atoms with E-state index < -0.39 is 0 Å². The van der Waals surface area contributed by atoms with Gasteiger partial charge in [0, 0.05) is 29.5 Å². The van der Waals surface area contributed by atoms with Crippen molar-refractivity contribution in [2.75, 3.05) is 24.4 Å². The summed E-state index contributed by atoms with van der Waals surface area (Å²) in [6, 6.07) is 16.2. The van der Waals surface area contributed by atoms with E-state index in [1.165, 1.54) is 5.56 Å². The number of fused-ring (bicyclic) bond motifs is 1. The summed E-state index contributed by atoms with van der Waals surface area (Å²) in [5.41, 5.74) is 3.07. The van der Waals surface area contributed by atoms with Crippen LogP contribution in [0.15, 0.2) is 53.4 Å². The zero-order valence-corrected chi connectivity index (χ0v) is 14.3. The molecular formula is C19H21NO2S. The molecule has 1 amide bonds. The number of para-hydroxylation sites is 1. The first-order valence-corrected chi connectivity index (χ1v) is 8.83. The van der Waals surface area contributed by atoms with Gasteiger partial charge < -0.3 is 9.64 Å². The van der Waals surface area contributed by atoms with E-state index in [4.69, 9.17) is 4.74 Å². The number of hydrogen-bond acceptors (Lipinski definition) is 3. The summed E-state index contributed by atoms with van der Waals surface area (Å²) in [6.07, 6.45) is 0.918. The molecule has 0 aromatic heterocycles. The number of rotatable bonds is 5. The SMILES string of the molecule is COCCSc1ccccc1C(=O)N1c2ccccc2CC1C. The lowest BCUT2D eigenvalue weighted by atomic mass is 10.1. The smallest absolute Gasteiger partial charge is 0.259 e. The Labute approximate surface area is 141 Å². The minimum atomic E-state index is 0.0861. The van der Waals surface area contributed by atoms with Gasteiger partial charge in [-0.3, -0.25) is 4.79 Å². The Morgan fingerprint density at radius 2 is 1.96 bits per heavy atom. The highest BCUT2D eigenvalue weighted by Gasteiger charge is 2.32. The molecule has 0 bridgehead atoms. The molecule has 4 heteroatoms. The first kappa shape index (κ1) is 16.1. The van der Waals surface area contributed by atoms with E-state index in [0.717, 1.165) is 28.3 Å². The van der Waals surface area contributed by atoms with Gasteiger partial charge in [-0.1, -0.05) is 30.3 Å². The van der Waals surface area contributed by atoms with Gasteiger partial charge in [0.2, 0.25) is 0 Å². The summed E-state index contributed by atoms with van der Waals surface area (Å²) in [5, 5.41) is 0. The van der Waals surface area contributed by atoms with Crippen LogP contribution in [0.3, 0.4) is 0 Å². The third-order valence-corrected chi connectivity index (χ3v) is 5.13. The van der Waals surface area contributed by atoms with Gasteiger partial charge >= 0.3 is 0 Å². The third kappa shape index (κ3) is 3.28. The van der Waals surface area contributed by atoms with Crippen LogP contribution in [0.5, 0.6) is 0 Å². The lowest BCUT2D eigenvalue weighted by molar-refractivity contribution is 0.0978. The van der Waals surface area contributed by atoms with Crippen molar-refractivity contribution >= 4 is 23.4 Å². The summed E-state index contributed by atoms with van der Waals surface area (Å²) >= 11 is 1.67. The van der Waals surface area contributed by atoms with Crippen LogP contribution in [0, 0.1) is 0 Å². The van der Waals surface area contributed by atoms with Crippen molar-refractivity contribution in [2.45, 2.75) is 24.3 Å². The number of amides is 1. The van der Waals surface area contributed by atoms with Gasteiger partial charge in [-0.2, -0.15) is 0 Å². The minimum absolute atomic E-state index is 0.0861. The molecule has 1 atom stereocenters. The largest absolute Gasteiger partial charge is 0.384 e. The zero-order valence-electron chi connectivity index (χ0n) is 13.5. The highest BCUT2D eigenvalue weighted by molar-refractivity contribution is 7.99. The van der Waals surface area contributed by atoms with Crippen LogP contribution in [0.25, 0.3) is 0 Å². The first-order valence-electron chi connectivity index (χ1n) is 7.84. The second kappa shape index (κ2) is 7.20. The second-order valence-electron chi connectivity index (χ2n) is 5.69. The van der Waals surface area contributed by atoms with Gasteiger partial charge in [0.25, 0.3) is 5.91 Å². The molecule has 0 spiro atoms. The zero-order chi connectivity index (χ0) is 16.2. The molecule has 0 aliphatic carbocycles. The summed E-state index contributed by atoms with van der Waals surface area (Å²) < 4.78 is 5.11. The number of nitrogens with zero attached hydrogens (tertiary/aromatic N) is 1. The molecule has 1 heterocycles. The van der Waals surface area contributed by atoms with E-state index in [2.05, 4.69) is 13.0 Å². The number of methoxy groups -OCH3 is 1. The Bertz CT molecular complexity index is 701. The number of ether oxygens (including phenoxy) is 1. The average molecular weight is 327 g/mol. The van der Waals surface area contributed by atoms with Gasteiger partial charge in [-0.15, -0.1) is 11.8 Å². The Kier molecular flexibility index (Phi) is 5.03. The monoisotopic (exact) mass is 327 g/mol. The van der Waals surface area contributed by atoms with E-state index in [-0.39, 0.29) is 11.9 Å². The van der Waals surface area contributed by atoms with Crippen LogP contribution >= 0.6 is 11.8 Å². The second-order valence-corrected chi connectivity index (χ2v) is 6.83. The van der Waals surface area contributed by atoms with Crippen LogP contribution in [0.4, 0.5) is 5.69 Å². The van der Waals surface area contributed by atoms with Crippen molar-refractivity contribution in [1.82, 2.24) is 0 Å². The molecule has 23 heavy (non-hydrogen) atoms. The maximum atomic E-state index is 13.2. The molecule has 3 nitrogen and oxygen atoms in total. The van der Waals surface area contributed by atoms with Crippen molar-refractivity contribution in [3.05, 3.63) is 59.7 Å². The van der Waals surface area contributed by atoms with Gasteiger partial charge in [0.15, 0.2) is 0 Å². The lowest BCUT2D eigenvalue weighted by Gasteiger charge is -2.24. The molecule has 2 aromatic rings. The normalized spacial score (nSPS) is 16.4. The fraction of sp³-hybridized carbons (Fsp3) is 0.316. The highest BCUT2D eigenvalue weighted by atomic mass is 32.2. The van der Waals surface area contributed by atoms with Crippen LogP contribution in [0.2, 0.25) is 0 Å². The molecule has 1 unspecified atom stereocenters. The Balaban J connectivity index is 1.89. The van der Waals surface area contributed by atoms with E-state index in [9.17, 15) is 4.79 Å². The van der Waals surface area contributed by atoms with Crippen LogP contribution < -0.4 is 4.90 Å². The fourth-order valence-electron chi connectivity index (χ4n) is 3.01. The van der Waals surface area contributed by atoms with Gasteiger partial charge in [-0.05, 0) is 37.1 Å². The van der Waals surface area contributed by atoms with Crippen molar-refractivity contribution in [3.8, 4) is 0 Å². The predicted molar refractivity (Wildman–Crippen MR) is 95.5 cm³/mol. The van der Waals surface area contributed by atoms with Crippen molar-refractivity contribution in [1.29, 1.82) is 0 Å². The van der Waals surface area contributed by atoms with Crippen molar-refractivity contribution in [3.63, 3.8) is 0 Å².